The molecule has 1 unspecified atom stereocenters. The highest BCUT2D eigenvalue weighted by Gasteiger charge is 2.18. The van der Waals surface area contributed by atoms with Gasteiger partial charge in [-0.25, -0.2) is 9.18 Å². The van der Waals surface area contributed by atoms with Crippen molar-refractivity contribution in [1.82, 2.24) is 10.6 Å². The summed E-state index contributed by atoms with van der Waals surface area (Å²) in [5.74, 6) is -0.554. The van der Waals surface area contributed by atoms with E-state index in [4.69, 9.17) is 10.00 Å². The lowest BCUT2D eigenvalue weighted by atomic mass is 10.1. The van der Waals surface area contributed by atoms with Gasteiger partial charge in [0, 0.05) is 5.56 Å². The van der Waals surface area contributed by atoms with Gasteiger partial charge in [-0.05, 0) is 25.6 Å². The first-order valence-corrected chi connectivity index (χ1v) is 5.98. The van der Waals surface area contributed by atoms with Crippen LogP contribution in [0.1, 0.15) is 31.1 Å². The van der Waals surface area contributed by atoms with Crippen LogP contribution in [0.3, 0.4) is 0 Å². The van der Waals surface area contributed by atoms with E-state index in [1.807, 2.05) is 13.0 Å². The van der Waals surface area contributed by atoms with Crippen LogP contribution in [0.25, 0.3) is 0 Å². The second-order valence-corrected chi connectivity index (χ2v) is 3.70. The van der Waals surface area contributed by atoms with E-state index in [1.54, 1.807) is 6.92 Å². The fraction of sp³-hybridized carbons (Fsp3) is 0.385. The van der Waals surface area contributed by atoms with E-state index in [9.17, 15) is 9.18 Å². The number of ether oxygens (including phenoxy) is 1. The van der Waals surface area contributed by atoms with Crippen LogP contribution in [0.5, 0.6) is 0 Å². The largest absolute Gasteiger partial charge is 0.450 e. The number of hydrogen-bond acceptors (Lipinski definition) is 4. The number of alkyl carbamates (subject to hydrolysis) is 1. The summed E-state index contributed by atoms with van der Waals surface area (Å²) in [6, 6.07) is 5.95. The van der Waals surface area contributed by atoms with Crippen molar-refractivity contribution in [1.29, 1.82) is 5.26 Å². The van der Waals surface area contributed by atoms with Crippen LogP contribution in [-0.2, 0) is 4.74 Å². The van der Waals surface area contributed by atoms with Crippen molar-refractivity contribution < 1.29 is 13.9 Å². The molecule has 1 atom stereocenters. The molecule has 0 saturated heterocycles. The lowest BCUT2D eigenvalue weighted by molar-refractivity contribution is 0.145. The van der Waals surface area contributed by atoms with E-state index >= 15 is 0 Å². The molecular weight excluding hydrogens is 249 g/mol. The van der Waals surface area contributed by atoms with Gasteiger partial charge in [-0.15, -0.1) is 0 Å². The van der Waals surface area contributed by atoms with Gasteiger partial charge in [0.05, 0.1) is 18.2 Å². The van der Waals surface area contributed by atoms with Crippen LogP contribution in [0.4, 0.5) is 9.18 Å². The highest BCUT2D eigenvalue weighted by molar-refractivity contribution is 5.67. The molecule has 0 spiro atoms. The smallest absolute Gasteiger partial charge is 0.408 e. The average molecular weight is 265 g/mol. The fourth-order valence-electron chi connectivity index (χ4n) is 1.56. The Morgan fingerprint density at radius 3 is 2.79 bits per heavy atom. The monoisotopic (exact) mass is 265 g/mol. The van der Waals surface area contributed by atoms with Crippen molar-refractivity contribution in [3.63, 3.8) is 0 Å². The summed E-state index contributed by atoms with van der Waals surface area (Å²) < 4.78 is 18.6. The zero-order valence-electron chi connectivity index (χ0n) is 10.9. The summed E-state index contributed by atoms with van der Waals surface area (Å²) in [5.41, 5.74) is 0.488. The minimum absolute atomic E-state index is 0.229. The van der Waals surface area contributed by atoms with Gasteiger partial charge in [-0.2, -0.15) is 5.26 Å². The number of nitrogens with zero attached hydrogens (tertiary/aromatic N) is 1. The molecule has 19 heavy (non-hydrogen) atoms. The lowest BCUT2D eigenvalue weighted by Crippen LogP contribution is -2.38. The Kier molecular flexibility index (Phi) is 5.76. The molecule has 0 aliphatic heterocycles. The van der Waals surface area contributed by atoms with Crippen molar-refractivity contribution >= 4 is 6.09 Å². The van der Waals surface area contributed by atoms with Crippen molar-refractivity contribution in [2.75, 3.05) is 13.2 Å². The van der Waals surface area contributed by atoms with E-state index in [-0.39, 0.29) is 17.7 Å². The topological polar surface area (TPSA) is 74.2 Å². The summed E-state index contributed by atoms with van der Waals surface area (Å²) in [6.45, 7) is 4.29. The van der Waals surface area contributed by atoms with Gasteiger partial charge in [0.25, 0.3) is 0 Å². The van der Waals surface area contributed by atoms with E-state index < -0.39 is 18.1 Å². The number of amides is 1. The summed E-state index contributed by atoms with van der Waals surface area (Å²) in [7, 11) is 0. The minimum Gasteiger partial charge on any atom is -0.450 e. The van der Waals surface area contributed by atoms with Gasteiger partial charge in [0.2, 0.25) is 0 Å². The Balaban J connectivity index is 2.92. The maximum atomic E-state index is 13.9. The molecule has 1 amide bonds. The third-order valence-electron chi connectivity index (χ3n) is 2.39. The molecule has 1 rings (SSSR count). The molecule has 0 bridgehead atoms. The van der Waals surface area contributed by atoms with Crippen LogP contribution in [0.15, 0.2) is 18.2 Å². The van der Waals surface area contributed by atoms with E-state index in [0.717, 1.165) is 6.07 Å². The molecule has 0 aliphatic rings. The molecule has 2 N–H and O–H groups in total. The SMILES string of the molecule is CCNC(NC(=O)OCC)c1ccc(C#N)cc1F. The molecule has 0 fully saturated rings. The predicted molar refractivity (Wildman–Crippen MR) is 67.7 cm³/mol. The Bertz CT molecular complexity index is 485. The molecule has 6 heteroatoms. The van der Waals surface area contributed by atoms with Crippen molar-refractivity contribution in [3.05, 3.63) is 35.1 Å². The van der Waals surface area contributed by atoms with Gasteiger partial charge in [0.1, 0.15) is 12.0 Å². The third kappa shape index (κ3) is 4.23. The molecule has 0 radical (unpaired) electrons. The minimum atomic E-state index is -0.697. The molecule has 0 heterocycles. The zero-order chi connectivity index (χ0) is 14.3. The molecule has 102 valence electrons. The molecule has 1 aromatic rings. The third-order valence-corrected chi connectivity index (χ3v) is 2.39. The van der Waals surface area contributed by atoms with E-state index in [1.165, 1.54) is 12.1 Å². The normalized spacial score (nSPS) is 11.5. The number of carbonyl (C=O) groups is 1. The summed E-state index contributed by atoms with van der Waals surface area (Å²) in [6.07, 6.45) is -1.32. The fourth-order valence-corrected chi connectivity index (χ4v) is 1.56. The molecule has 5 nitrogen and oxygen atoms in total. The first-order valence-electron chi connectivity index (χ1n) is 5.98. The number of nitriles is 1. The van der Waals surface area contributed by atoms with Crippen molar-refractivity contribution in [2.24, 2.45) is 0 Å². The number of hydrogen-bond donors (Lipinski definition) is 2. The Morgan fingerprint density at radius 1 is 1.53 bits per heavy atom. The highest BCUT2D eigenvalue weighted by atomic mass is 19.1. The van der Waals surface area contributed by atoms with Gasteiger partial charge in [0.15, 0.2) is 0 Å². The quantitative estimate of drug-likeness (QED) is 0.799. The van der Waals surface area contributed by atoms with Gasteiger partial charge >= 0.3 is 6.09 Å². The molecule has 0 saturated carbocycles. The highest BCUT2D eigenvalue weighted by Crippen LogP contribution is 2.16. The number of halogens is 1. The van der Waals surface area contributed by atoms with Crippen LogP contribution < -0.4 is 10.6 Å². The lowest BCUT2D eigenvalue weighted by Gasteiger charge is -2.20. The summed E-state index contributed by atoms with van der Waals surface area (Å²) >= 11 is 0. The standard InChI is InChI=1S/C13H16FN3O2/c1-3-16-12(17-13(18)19-4-2)10-6-5-9(8-15)7-11(10)14/h5-7,12,16H,3-4H2,1-2H3,(H,17,18). The predicted octanol–water partition coefficient (Wildman–Crippen LogP) is 2.05. The Morgan fingerprint density at radius 2 is 2.26 bits per heavy atom. The van der Waals surface area contributed by atoms with Crippen LogP contribution >= 0.6 is 0 Å². The first kappa shape index (κ1) is 14.9. The first-order chi connectivity index (χ1) is 9.12. The van der Waals surface area contributed by atoms with Gasteiger partial charge in [-0.1, -0.05) is 13.0 Å². The van der Waals surface area contributed by atoms with Crippen LogP contribution in [-0.4, -0.2) is 19.2 Å². The van der Waals surface area contributed by atoms with Crippen LogP contribution in [0, 0.1) is 17.1 Å². The number of rotatable bonds is 5. The molecule has 0 aromatic heterocycles. The van der Waals surface area contributed by atoms with Gasteiger partial charge < -0.3 is 10.1 Å². The maximum Gasteiger partial charge on any atom is 0.408 e. The Hall–Kier alpha value is -2.13. The second kappa shape index (κ2) is 7.34. The molecule has 0 aliphatic carbocycles. The van der Waals surface area contributed by atoms with E-state index in [2.05, 4.69) is 10.6 Å². The average Bonchev–Trinajstić information content (AvgIpc) is 2.38. The Labute approximate surface area is 111 Å². The summed E-state index contributed by atoms with van der Waals surface area (Å²) in [4.78, 5) is 11.4. The number of benzene rings is 1. The molecular formula is C13H16FN3O2. The van der Waals surface area contributed by atoms with Crippen LogP contribution in [0.2, 0.25) is 0 Å². The zero-order valence-corrected chi connectivity index (χ0v) is 10.9. The second-order valence-electron chi connectivity index (χ2n) is 3.70. The van der Waals surface area contributed by atoms with Crippen molar-refractivity contribution in [2.45, 2.75) is 20.0 Å². The van der Waals surface area contributed by atoms with E-state index in [0.29, 0.717) is 6.54 Å². The summed E-state index contributed by atoms with van der Waals surface area (Å²) in [5, 5.41) is 14.1. The van der Waals surface area contributed by atoms with Gasteiger partial charge in [-0.3, -0.25) is 5.32 Å². The number of nitrogens with one attached hydrogen (secondary N) is 2. The molecule has 1 aromatic carbocycles. The maximum absolute atomic E-state index is 13.9. The number of carbonyl (C=O) groups excluding carboxylic acids is 1. The van der Waals surface area contributed by atoms with Crippen molar-refractivity contribution in [3.8, 4) is 6.07 Å².